The third-order valence-electron chi connectivity index (χ3n) is 4.37. The van der Waals surface area contributed by atoms with E-state index in [1.807, 2.05) is 0 Å². The van der Waals surface area contributed by atoms with Gasteiger partial charge in [0.25, 0.3) is 0 Å². The van der Waals surface area contributed by atoms with Gasteiger partial charge in [-0.15, -0.1) is 0 Å². The molecule has 0 N–H and O–H groups in total. The Morgan fingerprint density at radius 3 is 2.60 bits per heavy atom. The van der Waals surface area contributed by atoms with Crippen molar-refractivity contribution < 1.29 is 0 Å². The Labute approximate surface area is 94.5 Å². The molecule has 1 saturated carbocycles. The second-order valence-corrected chi connectivity index (χ2v) is 5.82. The van der Waals surface area contributed by atoms with Crippen molar-refractivity contribution in [2.75, 3.05) is 0 Å². The van der Waals surface area contributed by atoms with Gasteiger partial charge in [0.05, 0.1) is 0 Å². The van der Waals surface area contributed by atoms with Gasteiger partial charge < -0.3 is 0 Å². The topological polar surface area (TPSA) is 0 Å². The molecular weight excluding hydrogens is 180 g/mol. The van der Waals surface area contributed by atoms with Crippen LogP contribution in [0.2, 0.25) is 0 Å². The lowest BCUT2D eigenvalue weighted by Gasteiger charge is -2.31. The van der Waals surface area contributed by atoms with E-state index in [1.165, 1.54) is 31.3 Å². The minimum Gasteiger partial charge on any atom is -0.0762 e. The zero-order valence-corrected chi connectivity index (χ0v) is 10.6. The Hall–Kier alpha value is -0.520. The first-order chi connectivity index (χ1) is 7.09. The van der Waals surface area contributed by atoms with E-state index in [1.54, 1.807) is 11.1 Å². The number of allylic oxidation sites excluding steroid dienone is 4. The highest BCUT2D eigenvalue weighted by molar-refractivity contribution is 5.33. The van der Waals surface area contributed by atoms with Gasteiger partial charge in [-0.1, -0.05) is 24.1 Å². The molecule has 0 radical (unpaired) electrons. The normalized spacial score (nSPS) is 35.3. The molecule has 0 spiro atoms. The van der Waals surface area contributed by atoms with Crippen molar-refractivity contribution >= 4 is 0 Å². The van der Waals surface area contributed by atoms with Crippen molar-refractivity contribution in [3.8, 4) is 0 Å². The fourth-order valence-corrected chi connectivity index (χ4v) is 3.52. The van der Waals surface area contributed by atoms with Gasteiger partial charge in [-0.2, -0.15) is 0 Å². The molecule has 0 bridgehead atoms. The van der Waals surface area contributed by atoms with E-state index in [2.05, 4.69) is 33.8 Å². The summed E-state index contributed by atoms with van der Waals surface area (Å²) in [5, 5.41) is 0. The van der Waals surface area contributed by atoms with Crippen molar-refractivity contribution in [2.45, 2.75) is 53.4 Å². The Kier molecular flexibility index (Phi) is 3.04. The van der Waals surface area contributed by atoms with Crippen LogP contribution in [0.25, 0.3) is 0 Å². The van der Waals surface area contributed by atoms with Gasteiger partial charge in [0.2, 0.25) is 0 Å². The van der Waals surface area contributed by atoms with Gasteiger partial charge in [0.15, 0.2) is 0 Å². The molecule has 3 unspecified atom stereocenters. The molecule has 0 aromatic heterocycles. The molecule has 0 heteroatoms. The van der Waals surface area contributed by atoms with Crippen LogP contribution in [0.3, 0.4) is 0 Å². The highest BCUT2D eigenvalue weighted by Crippen LogP contribution is 2.48. The fraction of sp³-hybridized carbons (Fsp3) is 0.733. The maximum absolute atomic E-state index is 2.45. The minimum atomic E-state index is 0.892. The van der Waals surface area contributed by atoms with Crippen LogP contribution in [-0.2, 0) is 0 Å². The first-order valence-electron chi connectivity index (χ1n) is 6.44. The van der Waals surface area contributed by atoms with Crippen LogP contribution in [0.1, 0.15) is 53.4 Å². The second-order valence-electron chi connectivity index (χ2n) is 5.82. The van der Waals surface area contributed by atoms with Crippen molar-refractivity contribution in [1.29, 1.82) is 0 Å². The van der Waals surface area contributed by atoms with E-state index in [-0.39, 0.29) is 0 Å². The van der Waals surface area contributed by atoms with Gasteiger partial charge in [0.1, 0.15) is 0 Å². The van der Waals surface area contributed by atoms with Crippen LogP contribution < -0.4 is 0 Å². The minimum absolute atomic E-state index is 0.892. The van der Waals surface area contributed by atoms with E-state index >= 15 is 0 Å². The Morgan fingerprint density at radius 2 is 1.93 bits per heavy atom. The molecule has 0 nitrogen and oxygen atoms in total. The summed E-state index contributed by atoms with van der Waals surface area (Å²) in [5.41, 5.74) is 4.81. The molecule has 0 aromatic rings. The van der Waals surface area contributed by atoms with Crippen LogP contribution >= 0.6 is 0 Å². The van der Waals surface area contributed by atoms with Crippen LogP contribution in [0.4, 0.5) is 0 Å². The lowest BCUT2D eigenvalue weighted by atomic mass is 9.74. The SMILES string of the molecule is CC(C)=CC1=C(C)CCC2C(C)CCC12. The quantitative estimate of drug-likeness (QED) is 0.579. The molecule has 84 valence electrons. The molecule has 2 aliphatic rings. The number of rotatable bonds is 1. The van der Waals surface area contributed by atoms with Gasteiger partial charge in [-0.25, -0.2) is 0 Å². The summed E-state index contributed by atoms with van der Waals surface area (Å²) < 4.78 is 0. The lowest BCUT2D eigenvalue weighted by Crippen LogP contribution is -2.20. The van der Waals surface area contributed by atoms with Crippen LogP contribution in [0.5, 0.6) is 0 Å². The van der Waals surface area contributed by atoms with Gasteiger partial charge in [-0.3, -0.25) is 0 Å². The summed E-state index contributed by atoms with van der Waals surface area (Å²) in [4.78, 5) is 0. The molecule has 3 atom stereocenters. The molecule has 15 heavy (non-hydrogen) atoms. The second kappa shape index (κ2) is 4.15. The highest BCUT2D eigenvalue weighted by atomic mass is 14.4. The molecule has 0 aliphatic heterocycles. The first kappa shape index (κ1) is 11.0. The predicted molar refractivity (Wildman–Crippen MR) is 66.7 cm³/mol. The molecule has 0 heterocycles. The third kappa shape index (κ3) is 2.04. The number of hydrogen-bond acceptors (Lipinski definition) is 0. The fourth-order valence-electron chi connectivity index (χ4n) is 3.52. The maximum Gasteiger partial charge on any atom is -0.0131 e. The third-order valence-corrected chi connectivity index (χ3v) is 4.37. The van der Waals surface area contributed by atoms with Gasteiger partial charge >= 0.3 is 0 Å². The summed E-state index contributed by atoms with van der Waals surface area (Å²) in [6.07, 6.45) is 8.11. The van der Waals surface area contributed by atoms with E-state index in [0.29, 0.717) is 0 Å². The van der Waals surface area contributed by atoms with E-state index in [9.17, 15) is 0 Å². The van der Waals surface area contributed by atoms with Crippen molar-refractivity contribution in [3.05, 3.63) is 22.8 Å². The largest absolute Gasteiger partial charge is 0.0762 e. The van der Waals surface area contributed by atoms with Gasteiger partial charge in [0, 0.05) is 0 Å². The van der Waals surface area contributed by atoms with Crippen LogP contribution in [0, 0.1) is 17.8 Å². The Morgan fingerprint density at radius 1 is 1.20 bits per heavy atom. The molecular formula is C15H24. The van der Waals surface area contributed by atoms with E-state index in [4.69, 9.17) is 0 Å². The summed E-state index contributed by atoms with van der Waals surface area (Å²) in [6, 6.07) is 0. The number of fused-ring (bicyclic) bond motifs is 1. The first-order valence-corrected chi connectivity index (χ1v) is 6.44. The lowest BCUT2D eigenvalue weighted by molar-refractivity contribution is 0.321. The molecule has 0 aromatic carbocycles. The Balaban J connectivity index is 2.29. The summed E-state index contributed by atoms with van der Waals surface area (Å²) in [7, 11) is 0. The van der Waals surface area contributed by atoms with Crippen LogP contribution in [-0.4, -0.2) is 0 Å². The average molecular weight is 204 g/mol. The summed E-state index contributed by atoms with van der Waals surface area (Å²) in [5.74, 6) is 2.84. The molecule has 0 amide bonds. The van der Waals surface area contributed by atoms with Crippen molar-refractivity contribution in [1.82, 2.24) is 0 Å². The number of hydrogen-bond donors (Lipinski definition) is 0. The zero-order valence-electron chi connectivity index (χ0n) is 10.6. The summed E-state index contributed by atoms with van der Waals surface area (Å²) in [6.45, 7) is 9.24. The van der Waals surface area contributed by atoms with Gasteiger partial charge in [-0.05, 0) is 69.8 Å². The molecule has 2 aliphatic carbocycles. The predicted octanol–water partition coefficient (Wildman–Crippen LogP) is 4.73. The summed E-state index contributed by atoms with van der Waals surface area (Å²) >= 11 is 0. The average Bonchev–Trinajstić information content (AvgIpc) is 2.52. The van der Waals surface area contributed by atoms with E-state index < -0.39 is 0 Å². The molecule has 1 fully saturated rings. The van der Waals surface area contributed by atoms with Crippen molar-refractivity contribution in [2.24, 2.45) is 17.8 Å². The van der Waals surface area contributed by atoms with Crippen LogP contribution in [0.15, 0.2) is 22.8 Å². The van der Waals surface area contributed by atoms with Crippen molar-refractivity contribution in [3.63, 3.8) is 0 Å². The molecule has 0 saturated heterocycles. The Bertz CT molecular complexity index is 302. The monoisotopic (exact) mass is 204 g/mol. The molecule has 2 rings (SSSR count). The smallest absolute Gasteiger partial charge is 0.0131 e. The maximum atomic E-state index is 2.45. The standard InChI is InChI=1S/C15H24/c1-10(2)9-15-12(4)5-7-13-11(3)6-8-14(13)15/h9,11,13-14H,5-8H2,1-4H3. The van der Waals surface area contributed by atoms with E-state index in [0.717, 1.165) is 17.8 Å². The highest BCUT2D eigenvalue weighted by Gasteiger charge is 2.37. The zero-order chi connectivity index (χ0) is 11.0.